The number of nitrogens with one attached hydrogen (secondary N) is 1. The van der Waals surface area contributed by atoms with Crippen molar-refractivity contribution in [2.24, 2.45) is 0 Å². The van der Waals surface area contributed by atoms with E-state index in [1.807, 2.05) is 6.92 Å². The highest BCUT2D eigenvalue weighted by atomic mass is 19.3. The van der Waals surface area contributed by atoms with Gasteiger partial charge in [0.05, 0.1) is 6.04 Å². The fourth-order valence-electron chi connectivity index (χ4n) is 2.42. The second kappa shape index (κ2) is 9.12. The van der Waals surface area contributed by atoms with Crippen molar-refractivity contribution in [2.75, 3.05) is 13.6 Å². The fourth-order valence-corrected chi connectivity index (χ4v) is 2.42. The summed E-state index contributed by atoms with van der Waals surface area (Å²) in [6, 6.07) is 11.8. The molecule has 1 unspecified atom stereocenters. The summed E-state index contributed by atoms with van der Waals surface area (Å²) in [6.07, 6.45) is 0.555. The molecule has 0 radical (unpaired) electrons. The number of halogens is 3. The first-order valence-corrected chi connectivity index (χ1v) is 8.16. The molecule has 140 valence electrons. The maximum atomic E-state index is 13.0. The summed E-state index contributed by atoms with van der Waals surface area (Å²) in [5.41, 5.74) is 1.72. The van der Waals surface area contributed by atoms with Crippen molar-refractivity contribution >= 4 is 6.03 Å². The van der Waals surface area contributed by atoms with Crippen molar-refractivity contribution in [1.82, 2.24) is 10.2 Å². The Morgan fingerprint density at radius 2 is 1.73 bits per heavy atom. The van der Waals surface area contributed by atoms with Gasteiger partial charge in [0.1, 0.15) is 11.6 Å². The van der Waals surface area contributed by atoms with E-state index in [2.05, 4.69) is 10.1 Å². The summed E-state index contributed by atoms with van der Waals surface area (Å²) in [5, 5.41) is 2.80. The van der Waals surface area contributed by atoms with Gasteiger partial charge in [-0.15, -0.1) is 0 Å². The number of amides is 2. The molecule has 0 aliphatic heterocycles. The van der Waals surface area contributed by atoms with Crippen LogP contribution >= 0.6 is 0 Å². The van der Waals surface area contributed by atoms with Crippen LogP contribution in [-0.4, -0.2) is 31.1 Å². The van der Waals surface area contributed by atoms with E-state index in [4.69, 9.17) is 0 Å². The van der Waals surface area contributed by atoms with Gasteiger partial charge in [0.2, 0.25) is 0 Å². The van der Waals surface area contributed by atoms with Crippen molar-refractivity contribution in [2.45, 2.75) is 26.0 Å². The number of urea groups is 1. The molecule has 4 nitrogen and oxygen atoms in total. The Morgan fingerprint density at radius 3 is 2.31 bits per heavy atom. The lowest BCUT2D eigenvalue weighted by molar-refractivity contribution is -0.0498. The number of rotatable bonds is 7. The van der Waals surface area contributed by atoms with Gasteiger partial charge in [-0.1, -0.05) is 24.3 Å². The van der Waals surface area contributed by atoms with E-state index >= 15 is 0 Å². The predicted molar refractivity (Wildman–Crippen MR) is 92.8 cm³/mol. The number of nitrogens with zero attached hydrogens (tertiary/aromatic N) is 1. The molecule has 2 amide bonds. The first-order chi connectivity index (χ1) is 12.4. The second-order valence-corrected chi connectivity index (χ2v) is 5.84. The summed E-state index contributed by atoms with van der Waals surface area (Å²) >= 11 is 0. The van der Waals surface area contributed by atoms with Gasteiger partial charge in [-0.3, -0.25) is 0 Å². The molecule has 2 rings (SSSR count). The van der Waals surface area contributed by atoms with Crippen LogP contribution in [0.4, 0.5) is 18.0 Å². The lowest BCUT2D eigenvalue weighted by Gasteiger charge is -2.25. The number of carbonyl (C=O) groups excluding carboxylic acids is 1. The lowest BCUT2D eigenvalue weighted by Crippen LogP contribution is -2.39. The number of carbonyl (C=O) groups is 1. The van der Waals surface area contributed by atoms with Gasteiger partial charge in [-0.2, -0.15) is 8.78 Å². The molecular formula is C19H21F3N2O2. The predicted octanol–water partition coefficient (Wildman–Crippen LogP) is 4.37. The Kier molecular flexibility index (Phi) is 6.89. The third-order valence-corrected chi connectivity index (χ3v) is 4.09. The van der Waals surface area contributed by atoms with Crippen LogP contribution in [0.15, 0.2) is 48.5 Å². The monoisotopic (exact) mass is 366 g/mol. The standard InChI is InChI=1S/C19H21F3N2O2/c1-13(15-5-7-16(20)8-6-15)24(2)19(25)23-12-11-14-3-9-17(10-4-14)26-18(21)22/h3-10,13,18H,11-12H2,1-2H3,(H,23,25). The number of benzene rings is 2. The van der Waals surface area contributed by atoms with Gasteiger partial charge < -0.3 is 15.0 Å². The molecular weight excluding hydrogens is 345 g/mol. The zero-order chi connectivity index (χ0) is 19.1. The molecule has 7 heteroatoms. The van der Waals surface area contributed by atoms with Crippen LogP contribution in [0.2, 0.25) is 0 Å². The summed E-state index contributed by atoms with van der Waals surface area (Å²) in [6.45, 7) is -0.595. The van der Waals surface area contributed by atoms with Gasteiger partial charge in [0, 0.05) is 13.6 Å². The highest BCUT2D eigenvalue weighted by Crippen LogP contribution is 2.19. The third-order valence-electron chi connectivity index (χ3n) is 4.09. The van der Waals surface area contributed by atoms with Gasteiger partial charge in [-0.25, -0.2) is 9.18 Å². The van der Waals surface area contributed by atoms with Crippen molar-refractivity contribution in [1.29, 1.82) is 0 Å². The molecule has 1 atom stereocenters. The van der Waals surface area contributed by atoms with E-state index in [-0.39, 0.29) is 23.6 Å². The minimum absolute atomic E-state index is 0.0978. The average Bonchev–Trinajstić information content (AvgIpc) is 2.62. The third kappa shape index (κ3) is 5.68. The molecule has 0 aromatic heterocycles. The van der Waals surface area contributed by atoms with Crippen LogP contribution in [0.25, 0.3) is 0 Å². The molecule has 0 heterocycles. The molecule has 26 heavy (non-hydrogen) atoms. The molecule has 0 bridgehead atoms. The van der Waals surface area contributed by atoms with Crippen molar-refractivity contribution in [3.63, 3.8) is 0 Å². The molecule has 0 spiro atoms. The van der Waals surface area contributed by atoms with Crippen LogP contribution in [0.5, 0.6) is 5.75 Å². The van der Waals surface area contributed by atoms with E-state index < -0.39 is 6.61 Å². The van der Waals surface area contributed by atoms with Crippen molar-refractivity contribution in [3.8, 4) is 5.75 Å². The molecule has 2 aromatic rings. The SMILES string of the molecule is CC(c1ccc(F)cc1)N(C)C(=O)NCCc1ccc(OC(F)F)cc1. The van der Waals surface area contributed by atoms with Crippen LogP contribution < -0.4 is 10.1 Å². The fraction of sp³-hybridized carbons (Fsp3) is 0.316. The van der Waals surface area contributed by atoms with E-state index in [9.17, 15) is 18.0 Å². The Hall–Kier alpha value is -2.70. The highest BCUT2D eigenvalue weighted by molar-refractivity contribution is 5.74. The lowest BCUT2D eigenvalue weighted by atomic mass is 10.1. The smallest absolute Gasteiger partial charge is 0.387 e. The summed E-state index contributed by atoms with van der Waals surface area (Å²) in [4.78, 5) is 13.8. The molecule has 0 aliphatic rings. The minimum Gasteiger partial charge on any atom is -0.435 e. The van der Waals surface area contributed by atoms with Crippen LogP contribution in [0.1, 0.15) is 24.1 Å². The summed E-state index contributed by atoms with van der Waals surface area (Å²) in [5.74, 6) is -0.223. The van der Waals surface area contributed by atoms with Gasteiger partial charge >= 0.3 is 12.6 Å². The molecule has 0 aliphatic carbocycles. The first-order valence-electron chi connectivity index (χ1n) is 8.16. The quantitative estimate of drug-likeness (QED) is 0.790. The van der Waals surface area contributed by atoms with Gasteiger partial charge in [0.15, 0.2) is 0 Å². The number of ether oxygens (including phenoxy) is 1. The first kappa shape index (κ1) is 19.6. The summed E-state index contributed by atoms with van der Waals surface area (Å²) < 4.78 is 41.5. The number of hydrogen-bond acceptors (Lipinski definition) is 2. The maximum absolute atomic E-state index is 13.0. The minimum atomic E-state index is -2.85. The van der Waals surface area contributed by atoms with Crippen LogP contribution in [-0.2, 0) is 6.42 Å². The molecule has 2 aromatic carbocycles. The van der Waals surface area contributed by atoms with Crippen LogP contribution in [0, 0.1) is 5.82 Å². The number of alkyl halides is 2. The van der Waals surface area contributed by atoms with E-state index in [1.165, 1.54) is 29.2 Å². The Balaban J connectivity index is 1.81. The van der Waals surface area contributed by atoms with E-state index in [0.29, 0.717) is 13.0 Å². The molecule has 0 saturated carbocycles. The van der Waals surface area contributed by atoms with E-state index in [1.54, 1.807) is 31.3 Å². The van der Waals surface area contributed by atoms with Gasteiger partial charge in [0.25, 0.3) is 0 Å². The van der Waals surface area contributed by atoms with E-state index in [0.717, 1.165) is 11.1 Å². The van der Waals surface area contributed by atoms with Crippen LogP contribution in [0.3, 0.4) is 0 Å². The number of hydrogen-bond donors (Lipinski definition) is 1. The maximum Gasteiger partial charge on any atom is 0.387 e. The Labute approximate surface area is 150 Å². The molecule has 0 saturated heterocycles. The average molecular weight is 366 g/mol. The second-order valence-electron chi connectivity index (χ2n) is 5.84. The largest absolute Gasteiger partial charge is 0.435 e. The van der Waals surface area contributed by atoms with Crippen molar-refractivity contribution < 1.29 is 22.7 Å². The zero-order valence-corrected chi connectivity index (χ0v) is 14.6. The Morgan fingerprint density at radius 1 is 1.12 bits per heavy atom. The highest BCUT2D eigenvalue weighted by Gasteiger charge is 2.17. The summed E-state index contributed by atoms with van der Waals surface area (Å²) in [7, 11) is 1.67. The zero-order valence-electron chi connectivity index (χ0n) is 14.6. The normalized spacial score (nSPS) is 11.9. The molecule has 1 N–H and O–H groups in total. The topological polar surface area (TPSA) is 41.6 Å². The van der Waals surface area contributed by atoms with Crippen molar-refractivity contribution in [3.05, 3.63) is 65.5 Å². The van der Waals surface area contributed by atoms with Gasteiger partial charge in [-0.05, 0) is 48.7 Å². The molecule has 0 fully saturated rings. The Bertz CT molecular complexity index is 706.